The molecule has 6 nitrogen and oxygen atoms in total. The predicted octanol–water partition coefficient (Wildman–Crippen LogP) is -0.0436. The van der Waals surface area contributed by atoms with Crippen LogP contribution in [-0.2, 0) is 4.79 Å². The van der Waals surface area contributed by atoms with Crippen LogP contribution in [0.3, 0.4) is 0 Å². The third kappa shape index (κ3) is 2.58. The summed E-state index contributed by atoms with van der Waals surface area (Å²) in [6, 6.07) is 0. The van der Waals surface area contributed by atoms with Gasteiger partial charge in [-0.05, 0) is 0 Å². The van der Waals surface area contributed by atoms with Gasteiger partial charge < -0.3 is 10.0 Å². The maximum Gasteiger partial charge on any atom is 0.305 e. The van der Waals surface area contributed by atoms with Crippen molar-refractivity contribution in [2.45, 2.75) is 6.42 Å². The lowest BCUT2D eigenvalue weighted by Gasteiger charge is -2.14. The van der Waals surface area contributed by atoms with Crippen molar-refractivity contribution in [3.05, 3.63) is 18.0 Å². The number of aromatic amines is 1. The molecular formula is C8H11N3O3. The molecule has 1 aromatic heterocycles. The minimum atomic E-state index is -0.920. The van der Waals surface area contributed by atoms with Gasteiger partial charge in [0.25, 0.3) is 5.91 Å². The number of carboxylic acid groups (broad SMARTS) is 1. The number of carboxylic acids is 1. The topological polar surface area (TPSA) is 86.3 Å². The monoisotopic (exact) mass is 197 g/mol. The van der Waals surface area contributed by atoms with E-state index in [2.05, 4.69) is 10.2 Å². The lowest BCUT2D eigenvalue weighted by Crippen LogP contribution is -2.28. The zero-order valence-electron chi connectivity index (χ0n) is 7.73. The molecule has 0 aliphatic heterocycles. The third-order valence-electron chi connectivity index (χ3n) is 1.75. The van der Waals surface area contributed by atoms with E-state index < -0.39 is 5.97 Å². The fourth-order valence-corrected chi connectivity index (χ4v) is 0.953. The SMILES string of the molecule is CN(CCC(=O)O)C(=O)c1cn[nH]c1. The number of hydrogen-bond acceptors (Lipinski definition) is 3. The highest BCUT2D eigenvalue weighted by molar-refractivity contribution is 5.93. The molecule has 0 spiro atoms. The first-order chi connectivity index (χ1) is 6.61. The van der Waals surface area contributed by atoms with E-state index in [1.165, 1.54) is 17.3 Å². The molecular weight excluding hydrogens is 186 g/mol. The Labute approximate surface area is 80.5 Å². The molecule has 0 unspecified atom stereocenters. The van der Waals surface area contributed by atoms with Gasteiger partial charge in [0.2, 0.25) is 0 Å². The van der Waals surface area contributed by atoms with Crippen LogP contribution in [0.25, 0.3) is 0 Å². The van der Waals surface area contributed by atoms with Gasteiger partial charge in [0, 0.05) is 19.8 Å². The van der Waals surface area contributed by atoms with Crippen molar-refractivity contribution < 1.29 is 14.7 Å². The average molecular weight is 197 g/mol. The van der Waals surface area contributed by atoms with Crippen molar-refractivity contribution in [2.24, 2.45) is 0 Å². The van der Waals surface area contributed by atoms with Crippen LogP contribution < -0.4 is 0 Å². The van der Waals surface area contributed by atoms with E-state index >= 15 is 0 Å². The zero-order valence-corrected chi connectivity index (χ0v) is 7.73. The van der Waals surface area contributed by atoms with Crippen LogP contribution in [0.2, 0.25) is 0 Å². The Morgan fingerprint density at radius 1 is 1.64 bits per heavy atom. The van der Waals surface area contributed by atoms with E-state index in [1.807, 2.05) is 0 Å². The Morgan fingerprint density at radius 2 is 2.36 bits per heavy atom. The number of carbonyl (C=O) groups is 2. The van der Waals surface area contributed by atoms with Gasteiger partial charge in [-0.25, -0.2) is 0 Å². The van der Waals surface area contributed by atoms with Gasteiger partial charge in [0.05, 0.1) is 18.2 Å². The molecule has 0 saturated carbocycles. The molecule has 1 heterocycles. The number of carbonyl (C=O) groups excluding carboxylic acids is 1. The highest BCUT2D eigenvalue weighted by Gasteiger charge is 2.12. The van der Waals surface area contributed by atoms with Gasteiger partial charge in [-0.2, -0.15) is 5.10 Å². The quantitative estimate of drug-likeness (QED) is 0.708. The number of aromatic nitrogens is 2. The molecule has 1 amide bonds. The molecule has 0 atom stereocenters. The normalized spacial score (nSPS) is 9.79. The Bertz CT molecular complexity index is 321. The fraction of sp³-hybridized carbons (Fsp3) is 0.375. The van der Waals surface area contributed by atoms with Crippen LogP contribution in [0.5, 0.6) is 0 Å². The molecule has 0 saturated heterocycles. The van der Waals surface area contributed by atoms with Gasteiger partial charge in [-0.3, -0.25) is 14.7 Å². The third-order valence-corrected chi connectivity index (χ3v) is 1.75. The minimum Gasteiger partial charge on any atom is -0.481 e. The van der Waals surface area contributed by atoms with Crippen LogP contribution in [0.15, 0.2) is 12.4 Å². The molecule has 1 rings (SSSR count). The second-order valence-corrected chi connectivity index (χ2v) is 2.86. The maximum absolute atomic E-state index is 11.5. The molecule has 0 aliphatic rings. The zero-order chi connectivity index (χ0) is 10.6. The molecule has 6 heteroatoms. The Kier molecular flexibility index (Phi) is 3.22. The number of H-pyrrole nitrogens is 1. The summed E-state index contributed by atoms with van der Waals surface area (Å²) in [7, 11) is 1.55. The first-order valence-electron chi connectivity index (χ1n) is 4.07. The maximum atomic E-state index is 11.5. The second-order valence-electron chi connectivity index (χ2n) is 2.86. The Morgan fingerprint density at radius 3 is 2.86 bits per heavy atom. The van der Waals surface area contributed by atoms with Gasteiger partial charge >= 0.3 is 5.97 Å². The molecule has 2 N–H and O–H groups in total. The molecule has 14 heavy (non-hydrogen) atoms. The van der Waals surface area contributed by atoms with E-state index in [1.54, 1.807) is 7.05 Å². The number of aliphatic carboxylic acids is 1. The van der Waals surface area contributed by atoms with E-state index in [4.69, 9.17) is 5.11 Å². The van der Waals surface area contributed by atoms with Crippen molar-refractivity contribution in [3.8, 4) is 0 Å². The summed E-state index contributed by atoms with van der Waals surface area (Å²) in [4.78, 5) is 23.1. The van der Waals surface area contributed by atoms with Crippen molar-refractivity contribution in [1.82, 2.24) is 15.1 Å². The van der Waals surface area contributed by atoms with E-state index in [9.17, 15) is 9.59 Å². The van der Waals surface area contributed by atoms with Crippen LogP contribution in [0.1, 0.15) is 16.8 Å². The summed E-state index contributed by atoms with van der Waals surface area (Å²) in [6.45, 7) is 0.194. The average Bonchev–Trinajstić information content (AvgIpc) is 2.65. The van der Waals surface area contributed by atoms with Crippen LogP contribution in [-0.4, -0.2) is 45.7 Å². The van der Waals surface area contributed by atoms with Crippen LogP contribution in [0.4, 0.5) is 0 Å². The van der Waals surface area contributed by atoms with E-state index in [0.717, 1.165) is 0 Å². The largest absolute Gasteiger partial charge is 0.481 e. The number of rotatable bonds is 4. The Balaban J connectivity index is 2.49. The molecule has 0 aliphatic carbocycles. The number of hydrogen-bond donors (Lipinski definition) is 2. The van der Waals surface area contributed by atoms with Gasteiger partial charge in [0.1, 0.15) is 0 Å². The first-order valence-corrected chi connectivity index (χ1v) is 4.07. The summed E-state index contributed by atoms with van der Waals surface area (Å²) in [6.07, 6.45) is 2.82. The van der Waals surface area contributed by atoms with Gasteiger partial charge in [0.15, 0.2) is 0 Å². The summed E-state index contributed by atoms with van der Waals surface area (Å²) >= 11 is 0. The van der Waals surface area contributed by atoms with E-state index in [0.29, 0.717) is 5.56 Å². The van der Waals surface area contributed by atoms with Crippen LogP contribution in [0, 0.1) is 0 Å². The van der Waals surface area contributed by atoms with Gasteiger partial charge in [-0.1, -0.05) is 0 Å². The minimum absolute atomic E-state index is 0.0555. The van der Waals surface area contributed by atoms with Crippen LogP contribution >= 0.6 is 0 Å². The summed E-state index contributed by atoms with van der Waals surface area (Å²) in [5.74, 6) is -1.16. The highest BCUT2D eigenvalue weighted by Crippen LogP contribution is 2.00. The highest BCUT2D eigenvalue weighted by atomic mass is 16.4. The van der Waals surface area contributed by atoms with Crippen molar-refractivity contribution in [3.63, 3.8) is 0 Å². The fourth-order valence-electron chi connectivity index (χ4n) is 0.953. The van der Waals surface area contributed by atoms with Gasteiger partial charge in [-0.15, -0.1) is 0 Å². The molecule has 0 radical (unpaired) electrons. The summed E-state index contributed by atoms with van der Waals surface area (Å²) in [5.41, 5.74) is 0.429. The molecule has 0 aromatic carbocycles. The first kappa shape index (κ1) is 10.2. The predicted molar refractivity (Wildman–Crippen MR) is 47.8 cm³/mol. The van der Waals surface area contributed by atoms with Crippen molar-refractivity contribution in [2.75, 3.05) is 13.6 Å². The summed E-state index contributed by atoms with van der Waals surface area (Å²) in [5, 5.41) is 14.6. The molecule has 0 fully saturated rings. The lowest BCUT2D eigenvalue weighted by molar-refractivity contribution is -0.137. The van der Waals surface area contributed by atoms with Crippen molar-refractivity contribution in [1.29, 1.82) is 0 Å². The number of nitrogens with one attached hydrogen (secondary N) is 1. The van der Waals surface area contributed by atoms with Crippen molar-refractivity contribution >= 4 is 11.9 Å². The van der Waals surface area contributed by atoms with E-state index in [-0.39, 0.29) is 18.9 Å². The lowest BCUT2D eigenvalue weighted by atomic mass is 10.3. The molecule has 76 valence electrons. The smallest absolute Gasteiger partial charge is 0.305 e. The molecule has 0 bridgehead atoms. The Hall–Kier alpha value is -1.85. The number of nitrogens with zero attached hydrogens (tertiary/aromatic N) is 2. The standard InChI is InChI=1S/C8H11N3O3/c1-11(3-2-7(12)13)8(14)6-4-9-10-5-6/h4-5H,2-3H2,1H3,(H,9,10)(H,12,13). The number of amides is 1. The summed E-state index contributed by atoms with van der Waals surface area (Å²) < 4.78 is 0. The molecule has 1 aromatic rings. The second kappa shape index (κ2) is 4.40.